The maximum Gasteiger partial charge on any atom is 0.205 e. The highest BCUT2D eigenvalue weighted by Crippen LogP contribution is 2.51. The zero-order valence-electron chi connectivity index (χ0n) is 34.5. The molecule has 6 aromatic carbocycles. The van der Waals surface area contributed by atoms with Crippen LogP contribution in [0.3, 0.4) is 0 Å². The molecule has 0 atom stereocenters. The molecule has 0 N–H and O–H groups in total. The molecule has 2 aliphatic rings. The van der Waals surface area contributed by atoms with Crippen LogP contribution in [0.25, 0.3) is 33.4 Å². The summed E-state index contributed by atoms with van der Waals surface area (Å²) in [6.45, 7) is 13.2. The fourth-order valence-electron chi connectivity index (χ4n) is 9.77. The second-order valence-electron chi connectivity index (χ2n) is 16.7. The molecular weight excluding hydrogens is 709 g/mol. The lowest BCUT2D eigenvalue weighted by molar-refractivity contribution is 0.585. The SMILES string of the molecule is Cc1ccc(N(c2ccc(C)cc2)c2ccc(-c3c(C)c4c5c(c(-c6ccc(N(c7ccc(C)cc7)c7ccc(C)cc7)o6)c(C)c6c5c3CCC6)CCC4)o2)cc1. The number of nitrogens with zero attached hydrogens (tertiary/aromatic N) is 2. The molecule has 0 saturated carbocycles. The third-order valence-corrected chi connectivity index (χ3v) is 12.7. The molecule has 0 bridgehead atoms. The maximum atomic E-state index is 7.03. The number of rotatable bonds is 8. The van der Waals surface area contributed by atoms with E-state index in [1.165, 1.54) is 77.5 Å². The van der Waals surface area contributed by atoms with Gasteiger partial charge in [0.05, 0.1) is 0 Å². The predicted molar refractivity (Wildman–Crippen MR) is 241 cm³/mol. The lowest BCUT2D eigenvalue weighted by atomic mass is 9.72. The van der Waals surface area contributed by atoms with Crippen molar-refractivity contribution < 1.29 is 8.83 Å². The van der Waals surface area contributed by atoms with Crippen LogP contribution in [0.15, 0.2) is 130 Å². The number of furan rings is 2. The van der Waals surface area contributed by atoms with E-state index < -0.39 is 0 Å². The van der Waals surface area contributed by atoms with Gasteiger partial charge in [-0.25, -0.2) is 0 Å². The third kappa shape index (κ3) is 6.05. The Morgan fingerprint density at radius 3 is 0.948 bits per heavy atom. The van der Waals surface area contributed by atoms with Crippen molar-refractivity contribution in [2.75, 3.05) is 9.80 Å². The molecule has 2 heterocycles. The van der Waals surface area contributed by atoms with Gasteiger partial charge in [-0.3, -0.25) is 9.80 Å². The van der Waals surface area contributed by atoms with E-state index in [2.05, 4.69) is 173 Å². The number of anilines is 6. The van der Waals surface area contributed by atoms with Crippen molar-refractivity contribution >= 4 is 45.3 Å². The molecule has 2 aliphatic carbocycles. The van der Waals surface area contributed by atoms with Crippen LogP contribution in [0.2, 0.25) is 0 Å². The second kappa shape index (κ2) is 14.3. The summed E-state index contributed by atoms with van der Waals surface area (Å²) in [6, 6.07) is 43.6. The molecule has 0 unspecified atom stereocenters. The van der Waals surface area contributed by atoms with E-state index in [-0.39, 0.29) is 0 Å². The fourth-order valence-corrected chi connectivity index (χ4v) is 9.77. The van der Waals surface area contributed by atoms with Crippen molar-refractivity contribution in [3.05, 3.63) is 177 Å². The summed E-state index contributed by atoms with van der Waals surface area (Å²) in [5, 5.41) is 2.94. The molecule has 0 amide bonds. The summed E-state index contributed by atoms with van der Waals surface area (Å²) in [6.07, 6.45) is 6.43. The van der Waals surface area contributed by atoms with Gasteiger partial charge < -0.3 is 8.83 Å². The van der Waals surface area contributed by atoms with Crippen LogP contribution >= 0.6 is 0 Å². The van der Waals surface area contributed by atoms with Gasteiger partial charge in [0.25, 0.3) is 0 Å². The van der Waals surface area contributed by atoms with Crippen molar-refractivity contribution in [2.24, 2.45) is 0 Å². The van der Waals surface area contributed by atoms with Gasteiger partial charge in [0.2, 0.25) is 11.8 Å². The van der Waals surface area contributed by atoms with Crippen LogP contribution in [0.1, 0.15) is 68.5 Å². The zero-order valence-corrected chi connectivity index (χ0v) is 34.5. The van der Waals surface area contributed by atoms with Crippen LogP contribution < -0.4 is 9.80 Å². The Bertz CT molecular complexity index is 2530. The first kappa shape index (κ1) is 36.1. The summed E-state index contributed by atoms with van der Waals surface area (Å²) >= 11 is 0. The van der Waals surface area contributed by atoms with Crippen LogP contribution in [0, 0.1) is 41.5 Å². The predicted octanol–water partition coefficient (Wildman–Crippen LogP) is 15.1. The summed E-state index contributed by atoms with van der Waals surface area (Å²) in [4.78, 5) is 4.48. The zero-order chi connectivity index (χ0) is 39.7. The summed E-state index contributed by atoms with van der Waals surface area (Å²) in [7, 11) is 0. The molecule has 10 rings (SSSR count). The van der Waals surface area contributed by atoms with Gasteiger partial charge in [0.15, 0.2) is 0 Å². The topological polar surface area (TPSA) is 32.8 Å². The van der Waals surface area contributed by atoms with Gasteiger partial charge in [-0.1, -0.05) is 70.8 Å². The Hall–Kier alpha value is -6.26. The molecule has 288 valence electrons. The molecule has 0 saturated heterocycles. The van der Waals surface area contributed by atoms with Gasteiger partial charge in [-0.05, 0) is 185 Å². The largest absolute Gasteiger partial charge is 0.440 e. The Morgan fingerprint density at radius 1 is 0.345 bits per heavy atom. The van der Waals surface area contributed by atoms with E-state index in [1.807, 2.05) is 0 Å². The Balaban J connectivity index is 1.12. The average molecular weight is 759 g/mol. The van der Waals surface area contributed by atoms with E-state index in [0.717, 1.165) is 84.6 Å². The monoisotopic (exact) mass is 758 g/mol. The minimum atomic E-state index is 0.824. The number of hydrogen-bond acceptors (Lipinski definition) is 4. The minimum Gasteiger partial charge on any atom is -0.440 e. The van der Waals surface area contributed by atoms with Crippen LogP contribution in [0.5, 0.6) is 0 Å². The minimum absolute atomic E-state index is 0.824. The van der Waals surface area contributed by atoms with Crippen molar-refractivity contribution in [2.45, 2.75) is 80.1 Å². The third-order valence-electron chi connectivity index (χ3n) is 12.7. The summed E-state index contributed by atoms with van der Waals surface area (Å²) < 4.78 is 14.1. The van der Waals surface area contributed by atoms with Crippen LogP contribution in [-0.4, -0.2) is 0 Å². The second-order valence-corrected chi connectivity index (χ2v) is 16.7. The molecule has 4 heteroatoms. The highest BCUT2D eigenvalue weighted by atomic mass is 16.4. The van der Waals surface area contributed by atoms with E-state index in [4.69, 9.17) is 8.83 Å². The lowest BCUT2D eigenvalue weighted by Crippen LogP contribution is -2.15. The van der Waals surface area contributed by atoms with Gasteiger partial charge in [-0.15, -0.1) is 0 Å². The van der Waals surface area contributed by atoms with Crippen molar-refractivity contribution in [3.63, 3.8) is 0 Å². The molecule has 2 aromatic heterocycles. The first-order valence-electron chi connectivity index (χ1n) is 20.9. The molecule has 4 nitrogen and oxygen atoms in total. The molecule has 58 heavy (non-hydrogen) atoms. The van der Waals surface area contributed by atoms with Crippen molar-refractivity contribution in [1.29, 1.82) is 0 Å². The van der Waals surface area contributed by atoms with Gasteiger partial charge >= 0.3 is 0 Å². The quantitative estimate of drug-likeness (QED) is 0.154. The Labute approximate surface area is 342 Å². The van der Waals surface area contributed by atoms with Crippen molar-refractivity contribution in [3.8, 4) is 22.6 Å². The number of hydrogen-bond donors (Lipinski definition) is 0. The molecule has 0 fully saturated rings. The smallest absolute Gasteiger partial charge is 0.205 e. The first-order chi connectivity index (χ1) is 28.2. The highest BCUT2D eigenvalue weighted by molar-refractivity contribution is 6.05. The summed E-state index contributed by atoms with van der Waals surface area (Å²) in [5.41, 5.74) is 20.4. The Kier molecular flexibility index (Phi) is 8.89. The van der Waals surface area contributed by atoms with Crippen LogP contribution in [0.4, 0.5) is 34.5 Å². The van der Waals surface area contributed by atoms with Gasteiger partial charge in [-0.2, -0.15) is 0 Å². The van der Waals surface area contributed by atoms with E-state index in [0.29, 0.717) is 0 Å². The van der Waals surface area contributed by atoms with Crippen molar-refractivity contribution in [1.82, 2.24) is 0 Å². The lowest BCUT2D eigenvalue weighted by Gasteiger charge is -2.32. The first-order valence-corrected chi connectivity index (χ1v) is 20.9. The average Bonchev–Trinajstić information content (AvgIpc) is 3.92. The molecule has 0 spiro atoms. The highest BCUT2D eigenvalue weighted by Gasteiger charge is 2.32. The van der Waals surface area contributed by atoms with Gasteiger partial charge in [0, 0.05) is 46.0 Å². The molecular formula is C54H50N2O2. The van der Waals surface area contributed by atoms with E-state index in [9.17, 15) is 0 Å². The molecule has 8 aromatic rings. The maximum absolute atomic E-state index is 7.03. The standard InChI is InChI=1S/C54H50N2O2/c1-33-13-21-39(22-14-33)55(40-23-15-34(2)16-24-40)49-31-29-47(57-49)51-37(5)43-9-8-12-46-52(38(6)44-10-7-11-45(51)53(44)54(43)46)48-30-32-50(58-48)56(41-25-17-35(3)18-26-41)42-27-19-36(4)20-28-42/h13-32H,7-12H2,1-6H3. The van der Waals surface area contributed by atoms with Crippen LogP contribution in [-0.2, 0) is 25.7 Å². The Morgan fingerprint density at radius 2 is 0.638 bits per heavy atom. The number of benzene rings is 6. The van der Waals surface area contributed by atoms with E-state index >= 15 is 0 Å². The fraction of sp³-hybridized carbons (Fsp3) is 0.222. The molecule has 0 radical (unpaired) electrons. The van der Waals surface area contributed by atoms with Gasteiger partial charge in [0.1, 0.15) is 11.5 Å². The van der Waals surface area contributed by atoms with E-state index in [1.54, 1.807) is 0 Å². The number of aryl methyl sites for hydroxylation is 8. The molecule has 0 aliphatic heterocycles. The normalized spacial score (nSPS) is 13.3. The summed E-state index contributed by atoms with van der Waals surface area (Å²) in [5.74, 6) is 3.56.